The van der Waals surface area contributed by atoms with Crippen LogP contribution in [0.1, 0.15) is 47.6 Å². The highest BCUT2D eigenvalue weighted by molar-refractivity contribution is 9.10. The summed E-state index contributed by atoms with van der Waals surface area (Å²) >= 11 is 3.52. The van der Waals surface area contributed by atoms with E-state index < -0.39 is 42.3 Å². The molecule has 5 rings (SSSR count). The van der Waals surface area contributed by atoms with Gasteiger partial charge in [-0.3, -0.25) is 9.88 Å². The van der Waals surface area contributed by atoms with Crippen LogP contribution in [0.15, 0.2) is 120 Å². The van der Waals surface area contributed by atoms with Gasteiger partial charge in [-0.05, 0) is 90.6 Å². The van der Waals surface area contributed by atoms with Crippen LogP contribution in [0.3, 0.4) is 0 Å². The summed E-state index contributed by atoms with van der Waals surface area (Å²) in [6, 6.07) is 27.9. The molecule has 49 heavy (non-hydrogen) atoms. The summed E-state index contributed by atoms with van der Waals surface area (Å²) in [5.74, 6) is -1.24. The Balaban J connectivity index is 1.54. The number of benzene rings is 3. The first-order valence-electron chi connectivity index (χ1n) is 15.2. The first-order valence-corrected chi connectivity index (χ1v) is 16.0. The van der Waals surface area contributed by atoms with Crippen LogP contribution < -0.4 is 14.4 Å². The molecule has 0 saturated carbocycles. The number of carbonyl (C=O) groups excluding carboxylic acids is 1. The standard InChI is InChI=1S/C37H32BrF4N3O4/c1-37(2,28-9-6-10-29(38)21-28)45(36(46)47-23-25-7-4-3-5-8-25)33-14-12-27(22-44-33)30(19-24-15-17-43-18-16-24)26-11-13-31(48-34(39)40)32(20-26)49-35(41)42/h3-18,20-22,30,34-35H,19,23H2,1-2H3. The molecule has 7 nitrogen and oxygen atoms in total. The number of ether oxygens (including phenoxy) is 3. The van der Waals surface area contributed by atoms with Gasteiger partial charge in [0.25, 0.3) is 0 Å². The van der Waals surface area contributed by atoms with Gasteiger partial charge in [0.2, 0.25) is 0 Å². The number of pyridine rings is 2. The lowest BCUT2D eigenvalue weighted by Gasteiger charge is -2.37. The van der Waals surface area contributed by atoms with Gasteiger partial charge in [-0.25, -0.2) is 9.78 Å². The molecule has 12 heteroatoms. The maximum Gasteiger partial charge on any atom is 0.416 e. The van der Waals surface area contributed by atoms with Crippen molar-refractivity contribution in [2.75, 3.05) is 4.90 Å². The largest absolute Gasteiger partial charge is 0.444 e. The van der Waals surface area contributed by atoms with Gasteiger partial charge in [-0.15, -0.1) is 0 Å². The normalized spacial score (nSPS) is 12.1. The minimum Gasteiger partial charge on any atom is -0.444 e. The van der Waals surface area contributed by atoms with Gasteiger partial charge in [-0.1, -0.05) is 70.5 Å². The van der Waals surface area contributed by atoms with Crippen LogP contribution in [-0.4, -0.2) is 29.3 Å². The van der Waals surface area contributed by atoms with Gasteiger partial charge in [0.15, 0.2) is 11.5 Å². The van der Waals surface area contributed by atoms with Crippen molar-refractivity contribution in [3.05, 3.63) is 148 Å². The summed E-state index contributed by atoms with van der Waals surface area (Å²) < 4.78 is 68.3. The molecule has 5 aromatic rings. The molecule has 1 atom stereocenters. The molecular weight excluding hydrogens is 706 g/mol. The van der Waals surface area contributed by atoms with Crippen LogP contribution in [0.25, 0.3) is 0 Å². The van der Waals surface area contributed by atoms with Crippen molar-refractivity contribution in [3.63, 3.8) is 0 Å². The van der Waals surface area contributed by atoms with Crippen molar-refractivity contribution >= 4 is 27.8 Å². The molecule has 0 saturated heterocycles. The molecule has 0 radical (unpaired) electrons. The third kappa shape index (κ3) is 9.14. The molecule has 1 amide bonds. The van der Waals surface area contributed by atoms with Gasteiger partial charge in [0, 0.05) is 29.0 Å². The fourth-order valence-electron chi connectivity index (χ4n) is 5.43. The minimum absolute atomic E-state index is 0.0467. The molecule has 0 bridgehead atoms. The second-order valence-electron chi connectivity index (χ2n) is 11.5. The lowest BCUT2D eigenvalue weighted by molar-refractivity contribution is -0.0692. The number of halogens is 5. The van der Waals surface area contributed by atoms with Gasteiger partial charge < -0.3 is 14.2 Å². The predicted octanol–water partition coefficient (Wildman–Crippen LogP) is 9.89. The van der Waals surface area contributed by atoms with E-state index in [2.05, 4.69) is 30.4 Å². The second-order valence-corrected chi connectivity index (χ2v) is 12.4. The topological polar surface area (TPSA) is 73.8 Å². The van der Waals surface area contributed by atoms with Crippen LogP contribution >= 0.6 is 15.9 Å². The molecule has 0 fully saturated rings. The van der Waals surface area contributed by atoms with E-state index in [9.17, 15) is 22.4 Å². The van der Waals surface area contributed by atoms with Crippen molar-refractivity contribution in [2.45, 2.75) is 51.6 Å². The molecule has 254 valence electrons. The number of rotatable bonds is 13. The summed E-state index contributed by atoms with van der Waals surface area (Å²) in [6.45, 7) is -2.69. The SMILES string of the molecule is CC(C)(c1cccc(Br)c1)N(C(=O)OCc1ccccc1)c1ccc(C(Cc2ccncc2)c2ccc(OC(F)F)c(OC(F)F)c2)cn1. The summed E-state index contributed by atoms with van der Waals surface area (Å²) in [5, 5.41) is 0. The minimum atomic E-state index is -3.27. The Bertz CT molecular complexity index is 1830. The zero-order valence-electron chi connectivity index (χ0n) is 26.5. The number of aromatic nitrogens is 2. The first kappa shape index (κ1) is 35.3. The molecule has 0 aliphatic rings. The monoisotopic (exact) mass is 737 g/mol. The van der Waals surface area contributed by atoms with Gasteiger partial charge in [-0.2, -0.15) is 17.6 Å². The van der Waals surface area contributed by atoms with Crippen molar-refractivity contribution < 1.29 is 36.6 Å². The van der Waals surface area contributed by atoms with Crippen LogP contribution in [0.5, 0.6) is 11.5 Å². The van der Waals surface area contributed by atoms with E-state index in [4.69, 9.17) is 9.72 Å². The summed E-state index contributed by atoms with van der Waals surface area (Å²) in [4.78, 5) is 24.1. The molecular formula is C37H32BrF4N3O4. The van der Waals surface area contributed by atoms with Crippen molar-refractivity contribution in [3.8, 4) is 11.5 Å². The number of anilines is 1. The highest BCUT2D eigenvalue weighted by Crippen LogP contribution is 2.38. The molecule has 3 aromatic carbocycles. The number of alkyl halides is 4. The van der Waals surface area contributed by atoms with Gasteiger partial charge in [0.1, 0.15) is 12.4 Å². The Morgan fingerprint density at radius 2 is 1.49 bits per heavy atom. The smallest absolute Gasteiger partial charge is 0.416 e. The highest BCUT2D eigenvalue weighted by atomic mass is 79.9. The van der Waals surface area contributed by atoms with Crippen molar-refractivity contribution in [1.29, 1.82) is 0 Å². The Morgan fingerprint density at radius 1 is 0.796 bits per heavy atom. The van der Waals surface area contributed by atoms with E-state index in [1.807, 2.05) is 80.6 Å². The molecule has 0 aliphatic heterocycles. The fourth-order valence-corrected chi connectivity index (χ4v) is 5.83. The number of hydrogen-bond donors (Lipinski definition) is 0. The van der Waals surface area contributed by atoms with Crippen molar-refractivity contribution in [1.82, 2.24) is 9.97 Å². The van der Waals surface area contributed by atoms with E-state index in [1.54, 1.807) is 30.7 Å². The van der Waals surface area contributed by atoms with Crippen LogP contribution in [-0.2, 0) is 23.3 Å². The van der Waals surface area contributed by atoms with Crippen LogP contribution in [0, 0.1) is 0 Å². The molecule has 1 unspecified atom stereocenters. The summed E-state index contributed by atoms with van der Waals surface area (Å²) in [5.41, 5.74) is 2.72. The average Bonchev–Trinajstić information content (AvgIpc) is 3.08. The molecule has 0 N–H and O–H groups in total. The fraction of sp³-hybridized carbons (Fsp3) is 0.216. The zero-order chi connectivity index (χ0) is 35.0. The van der Waals surface area contributed by atoms with E-state index >= 15 is 0 Å². The predicted molar refractivity (Wildman–Crippen MR) is 180 cm³/mol. The third-order valence-corrected chi connectivity index (χ3v) is 8.36. The lowest BCUT2D eigenvalue weighted by atomic mass is 9.86. The zero-order valence-corrected chi connectivity index (χ0v) is 28.1. The van der Waals surface area contributed by atoms with E-state index in [-0.39, 0.29) is 6.61 Å². The first-order chi connectivity index (χ1) is 23.5. The Hall–Kier alpha value is -4.97. The molecule has 2 heterocycles. The Morgan fingerprint density at radius 3 is 2.14 bits per heavy atom. The maximum absolute atomic E-state index is 13.8. The molecule has 2 aromatic heterocycles. The summed E-state index contributed by atoms with van der Waals surface area (Å²) in [6.07, 6.45) is 4.60. The van der Waals surface area contributed by atoms with Gasteiger partial charge >= 0.3 is 19.3 Å². The average molecular weight is 739 g/mol. The van der Waals surface area contributed by atoms with E-state index in [1.165, 1.54) is 23.1 Å². The van der Waals surface area contributed by atoms with Gasteiger partial charge in [0.05, 0.1) is 5.54 Å². The quantitative estimate of drug-likeness (QED) is 0.112. The van der Waals surface area contributed by atoms with Crippen LogP contribution in [0.2, 0.25) is 0 Å². The number of carbonyl (C=O) groups is 1. The highest BCUT2D eigenvalue weighted by Gasteiger charge is 2.36. The summed E-state index contributed by atoms with van der Waals surface area (Å²) in [7, 11) is 0. The number of hydrogen-bond acceptors (Lipinski definition) is 6. The Labute approximate surface area is 289 Å². The molecule has 0 aliphatic carbocycles. The Kier molecular flexibility index (Phi) is 11.5. The van der Waals surface area contributed by atoms with Crippen molar-refractivity contribution in [2.24, 2.45) is 0 Å². The van der Waals surface area contributed by atoms with Crippen LogP contribution in [0.4, 0.5) is 28.2 Å². The third-order valence-electron chi connectivity index (χ3n) is 7.87. The lowest BCUT2D eigenvalue weighted by Crippen LogP contribution is -2.46. The van der Waals surface area contributed by atoms with E-state index in [0.717, 1.165) is 21.2 Å². The number of nitrogens with zero attached hydrogens (tertiary/aromatic N) is 3. The second kappa shape index (κ2) is 16.0. The number of amides is 1. The van der Waals surface area contributed by atoms with E-state index in [0.29, 0.717) is 23.4 Å². The molecule has 0 spiro atoms. The maximum atomic E-state index is 13.8.